The Balaban J connectivity index is 2.07. The molecule has 0 radical (unpaired) electrons. The zero-order chi connectivity index (χ0) is 17.5. The van der Waals surface area contributed by atoms with Crippen molar-refractivity contribution in [3.63, 3.8) is 0 Å². The number of aryl methyl sites for hydroxylation is 1. The second-order valence-corrected chi connectivity index (χ2v) is 6.44. The van der Waals surface area contributed by atoms with Crippen molar-refractivity contribution in [2.45, 2.75) is 25.4 Å². The number of hydrogen-bond acceptors (Lipinski definition) is 5. The maximum Gasteiger partial charge on any atom is 0.233 e. The van der Waals surface area contributed by atoms with Gasteiger partial charge in [0.05, 0.1) is 23.9 Å². The number of nitriles is 1. The number of amides is 1. The summed E-state index contributed by atoms with van der Waals surface area (Å²) in [5.41, 5.74) is 1.84. The topological polar surface area (TPSA) is 74.8 Å². The van der Waals surface area contributed by atoms with E-state index in [0.717, 1.165) is 11.3 Å². The van der Waals surface area contributed by atoms with Crippen LogP contribution in [-0.2, 0) is 4.79 Å². The third-order valence-electron chi connectivity index (χ3n) is 3.50. The Morgan fingerprint density at radius 1 is 1.50 bits per heavy atom. The Morgan fingerprint density at radius 2 is 2.29 bits per heavy atom. The van der Waals surface area contributed by atoms with Crippen molar-refractivity contribution in [2.24, 2.45) is 0 Å². The van der Waals surface area contributed by atoms with E-state index in [2.05, 4.69) is 16.3 Å². The molecule has 0 bridgehead atoms. The minimum atomic E-state index is -0.0192. The molecule has 0 aliphatic heterocycles. The van der Waals surface area contributed by atoms with Gasteiger partial charge in [0.25, 0.3) is 0 Å². The predicted molar refractivity (Wildman–Crippen MR) is 94.3 cm³/mol. The summed E-state index contributed by atoms with van der Waals surface area (Å²) >= 11 is 7.49. The van der Waals surface area contributed by atoms with Crippen LogP contribution >= 0.6 is 23.4 Å². The molecule has 6 nitrogen and oxygen atoms in total. The minimum absolute atomic E-state index is 0.0192. The van der Waals surface area contributed by atoms with E-state index in [0.29, 0.717) is 29.7 Å². The molecule has 0 aliphatic rings. The molecule has 126 valence electrons. The largest absolute Gasteiger partial charge is 0.341 e. The first-order chi connectivity index (χ1) is 11.6. The fraction of sp³-hybridized carbons (Fsp3) is 0.375. The number of carbonyl (C=O) groups excluding carboxylic acids is 1. The van der Waals surface area contributed by atoms with Gasteiger partial charge in [0.1, 0.15) is 6.33 Å². The Morgan fingerprint density at radius 3 is 2.96 bits per heavy atom. The van der Waals surface area contributed by atoms with Crippen molar-refractivity contribution in [2.75, 3.05) is 18.8 Å². The van der Waals surface area contributed by atoms with Gasteiger partial charge in [0, 0.05) is 18.1 Å². The lowest BCUT2D eigenvalue weighted by Gasteiger charge is -2.19. The van der Waals surface area contributed by atoms with Crippen LogP contribution in [0, 0.1) is 18.3 Å². The molecule has 0 atom stereocenters. The first kappa shape index (κ1) is 18.3. The number of carbonyl (C=O) groups is 1. The number of rotatable bonds is 7. The molecule has 1 amide bonds. The van der Waals surface area contributed by atoms with Crippen LogP contribution < -0.4 is 0 Å². The molecule has 0 aliphatic carbocycles. The summed E-state index contributed by atoms with van der Waals surface area (Å²) in [6, 6.07) is 7.76. The molecule has 2 aromatic rings. The summed E-state index contributed by atoms with van der Waals surface area (Å²) in [5.74, 6) is 0.228. The van der Waals surface area contributed by atoms with Crippen molar-refractivity contribution in [1.82, 2.24) is 19.7 Å². The van der Waals surface area contributed by atoms with Gasteiger partial charge in [0.2, 0.25) is 5.91 Å². The number of halogens is 1. The molecule has 1 heterocycles. The summed E-state index contributed by atoms with van der Waals surface area (Å²) < 4.78 is 1.80. The highest BCUT2D eigenvalue weighted by atomic mass is 35.5. The van der Waals surface area contributed by atoms with Gasteiger partial charge >= 0.3 is 0 Å². The van der Waals surface area contributed by atoms with Gasteiger partial charge in [-0.05, 0) is 31.5 Å². The van der Waals surface area contributed by atoms with Crippen molar-refractivity contribution >= 4 is 29.3 Å². The lowest BCUT2D eigenvalue weighted by molar-refractivity contribution is -0.128. The zero-order valence-electron chi connectivity index (χ0n) is 13.6. The summed E-state index contributed by atoms with van der Waals surface area (Å²) in [6.07, 6.45) is 1.93. The average Bonchev–Trinajstić information content (AvgIpc) is 3.04. The zero-order valence-corrected chi connectivity index (χ0v) is 15.1. The van der Waals surface area contributed by atoms with Crippen LogP contribution in [0.5, 0.6) is 0 Å². The maximum atomic E-state index is 12.2. The highest BCUT2D eigenvalue weighted by Crippen LogP contribution is 2.23. The maximum absolute atomic E-state index is 12.2. The number of aromatic nitrogens is 3. The summed E-state index contributed by atoms with van der Waals surface area (Å²) in [4.78, 5) is 13.9. The molecule has 1 aromatic heterocycles. The van der Waals surface area contributed by atoms with Gasteiger partial charge in [-0.15, -0.1) is 10.2 Å². The number of hydrogen-bond donors (Lipinski definition) is 0. The molecule has 2 rings (SSSR count). The molecule has 24 heavy (non-hydrogen) atoms. The van der Waals surface area contributed by atoms with Crippen LogP contribution in [0.1, 0.15) is 18.9 Å². The Hall–Kier alpha value is -2.04. The van der Waals surface area contributed by atoms with Crippen molar-refractivity contribution in [1.29, 1.82) is 5.26 Å². The van der Waals surface area contributed by atoms with Crippen LogP contribution in [0.2, 0.25) is 5.02 Å². The van der Waals surface area contributed by atoms with Crippen LogP contribution in [0.25, 0.3) is 5.69 Å². The molecule has 0 N–H and O–H groups in total. The average molecular weight is 364 g/mol. The third kappa shape index (κ3) is 4.49. The summed E-state index contributed by atoms with van der Waals surface area (Å²) in [6.45, 7) is 4.87. The Labute approximate surface area is 150 Å². The molecule has 1 aromatic carbocycles. The lowest BCUT2D eigenvalue weighted by Crippen LogP contribution is -2.33. The van der Waals surface area contributed by atoms with Gasteiger partial charge in [-0.3, -0.25) is 9.36 Å². The third-order valence-corrected chi connectivity index (χ3v) is 4.84. The van der Waals surface area contributed by atoms with Gasteiger partial charge < -0.3 is 4.90 Å². The van der Waals surface area contributed by atoms with Gasteiger partial charge in [-0.25, -0.2) is 0 Å². The summed E-state index contributed by atoms with van der Waals surface area (Å²) in [5, 5.41) is 17.9. The van der Waals surface area contributed by atoms with Gasteiger partial charge in [-0.1, -0.05) is 29.4 Å². The fourth-order valence-corrected chi connectivity index (χ4v) is 3.10. The van der Waals surface area contributed by atoms with E-state index in [9.17, 15) is 4.79 Å². The number of nitrogens with zero attached hydrogens (tertiary/aromatic N) is 5. The van der Waals surface area contributed by atoms with E-state index in [1.807, 2.05) is 32.0 Å². The van der Waals surface area contributed by atoms with Crippen molar-refractivity contribution < 1.29 is 4.79 Å². The molecule has 0 spiro atoms. The molecule has 0 saturated heterocycles. The van der Waals surface area contributed by atoms with Crippen LogP contribution in [0.4, 0.5) is 0 Å². The molecular formula is C16H18ClN5OS. The molecule has 8 heteroatoms. The number of thioether (sulfide) groups is 1. The Bertz CT molecular complexity index is 755. The predicted octanol–water partition coefficient (Wildman–Crippen LogP) is 3.08. The minimum Gasteiger partial charge on any atom is -0.341 e. The van der Waals surface area contributed by atoms with Crippen LogP contribution in [0.3, 0.4) is 0 Å². The number of benzene rings is 1. The quantitative estimate of drug-likeness (QED) is 0.706. The summed E-state index contributed by atoms with van der Waals surface area (Å²) in [7, 11) is 0. The van der Waals surface area contributed by atoms with E-state index < -0.39 is 0 Å². The lowest BCUT2D eigenvalue weighted by atomic mass is 10.2. The second kappa shape index (κ2) is 8.71. The van der Waals surface area contributed by atoms with Gasteiger partial charge in [0.15, 0.2) is 5.16 Å². The first-order valence-corrected chi connectivity index (χ1v) is 8.87. The second-order valence-electron chi connectivity index (χ2n) is 5.09. The molecule has 0 saturated carbocycles. The first-order valence-electron chi connectivity index (χ1n) is 7.51. The Kier molecular flexibility index (Phi) is 6.64. The molecule has 0 unspecified atom stereocenters. The van der Waals surface area contributed by atoms with E-state index in [-0.39, 0.29) is 11.7 Å². The monoisotopic (exact) mass is 363 g/mol. The smallest absolute Gasteiger partial charge is 0.233 e. The normalized spacial score (nSPS) is 10.4. The van der Waals surface area contributed by atoms with Gasteiger partial charge in [-0.2, -0.15) is 5.26 Å². The molecular weight excluding hydrogens is 346 g/mol. The molecule has 0 fully saturated rings. The van der Waals surface area contributed by atoms with E-state index in [1.54, 1.807) is 15.8 Å². The SMILES string of the molecule is CCN(CCC#N)C(=O)CSc1nncn1-c1ccc(C)c(Cl)c1. The van der Waals surface area contributed by atoms with Crippen LogP contribution in [0.15, 0.2) is 29.7 Å². The fourth-order valence-electron chi connectivity index (χ4n) is 2.09. The standard InChI is InChI=1S/C16H18ClN5OS/c1-3-21(8-4-7-18)15(23)10-24-16-20-19-11-22(16)13-6-5-12(2)14(17)9-13/h5-6,9,11H,3-4,8,10H2,1-2H3. The van der Waals surface area contributed by atoms with Crippen LogP contribution in [-0.4, -0.2) is 44.4 Å². The van der Waals surface area contributed by atoms with E-state index in [4.69, 9.17) is 16.9 Å². The van der Waals surface area contributed by atoms with Crippen molar-refractivity contribution in [3.05, 3.63) is 35.1 Å². The van der Waals surface area contributed by atoms with E-state index >= 15 is 0 Å². The highest BCUT2D eigenvalue weighted by Gasteiger charge is 2.15. The van der Waals surface area contributed by atoms with Crippen molar-refractivity contribution in [3.8, 4) is 11.8 Å². The van der Waals surface area contributed by atoms with E-state index in [1.165, 1.54) is 11.8 Å². The highest BCUT2D eigenvalue weighted by molar-refractivity contribution is 7.99.